The molecule has 0 radical (unpaired) electrons. The molecule has 140 valence electrons. The monoisotopic (exact) mass is 402 g/mol. The number of carbonyl (C=O) groups is 1. The lowest BCUT2D eigenvalue weighted by Crippen LogP contribution is -2.21. The molecule has 0 amide bonds. The maximum Gasteiger partial charge on any atom is 0.195 e. The zero-order chi connectivity index (χ0) is 19.8. The molecule has 28 heavy (non-hydrogen) atoms. The van der Waals surface area contributed by atoms with E-state index in [9.17, 15) is 4.79 Å². The highest BCUT2D eigenvalue weighted by Gasteiger charge is 2.24. The first-order valence-corrected chi connectivity index (χ1v) is 13.9. The molecule has 0 aliphatic rings. The van der Waals surface area contributed by atoms with Crippen molar-refractivity contribution in [1.82, 2.24) is 0 Å². The Labute approximate surface area is 169 Å². The van der Waals surface area contributed by atoms with Gasteiger partial charge in [0.25, 0.3) is 0 Å². The van der Waals surface area contributed by atoms with E-state index >= 15 is 0 Å². The number of hydrogen-bond acceptors (Lipinski definition) is 1. The van der Waals surface area contributed by atoms with E-state index in [4.69, 9.17) is 0 Å². The van der Waals surface area contributed by atoms with Crippen molar-refractivity contribution in [1.29, 1.82) is 0 Å². The summed E-state index contributed by atoms with van der Waals surface area (Å²) in [6, 6.07) is 25.2. The summed E-state index contributed by atoms with van der Waals surface area (Å²) >= 11 is 0. The SMILES string of the molecule is CP(C)c1ccc2ccccc2c1C(=O)c1c(P(C)C)ccc2ccccc12. The van der Waals surface area contributed by atoms with Crippen LogP contribution in [0.2, 0.25) is 0 Å². The fraction of sp³-hybridized carbons (Fsp3) is 0.160. The zero-order valence-electron chi connectivity index (χ0n) is 16.7. The van der Waals surface area contributed by atoms with E-state index in [-0.39, 0.29) is 5.78 Å². The van der Waals surface area contributed by atoms with Crippen LogP contribution in [0.4, 0.5) is 0 Å². The minimum Gasteiger partial charge on any atom is -0.289 e. The third-order valence-electron chi connectivity index (χ3n) is 5.23. The van der Waals surface area contributed by atoms with Gasteiger partial charge in [-0.2, -0.15) is 0 Å². The lowest BCUT2D eigenvalue weighted by molar-refractivity contribution is 0.104. The molecule has 4 rings (SSSR count). The van der Waals surface area contributed by atoms with Gasteiger partial charge in [0.2, 0.25) is 0 Å². The minimum absolute atomic E-state index is 0.172. The van der Waals surface area contributed by atoms with Gasteiger partial charge < -0.3 is 0 Å². The van der Waals surface area contributed by atoms with Crippen LogP contribution < -0.4 is 10.6 Å². The highest BCUT2D eigenvalue weighted by molar-refractivity contribution is 7.64. The highest BCUT2D eigenvalue weighted by atomic mass is 31.1. The van der Waals surface area contributed by atoms with Crippen molar-refractivity contribution in [3.05, 3.63) is 83.9 Å². The first-order chi connectivity index (χ1) is 13.5. The fourth-order valence-corrected chi connectivity index (χ4v) is 5.95. The molecule has 0 N–H and O–H groups in total. The third-order valence-corrected chi connectivity index (χ3v) is 7.90. The number of hydrogen-bond donors (Lipinski definition) is 0. The average Bonchev–Trinajstić information content (AvgIpc) is 2.71. The molecule has 0 aliphatic carbocycles. The van der Waals surface area contributed by atoms with E-state index in [0.717, 1.165) is 32.7 Å². The van der Waals surface area contributed by atoms with Crippen LogP contribution in [0.5, 0.6) is 0 Å². The molecule has 0 saturated heterocycles. The summed E-state index contributed by atoms with van der Waals surface area (Å²) in [5, 5.41) is 6.77. The maximum atomic E-state index is 14.1. The topological polar surface area (TPSA) is 17.1 Å². The van der Waals surface area contributed by atoms with Gasteiger partial charge in [0.1, 0.15) is 0 Å². The number of fused-ring (bicyclic) bond motifs is 2. The maximum absolute atomic E-state index is 14.1. The molecule has 0 atom stereocenters. The second-order valence-electron chi connectivity index (χ2n) is 7.48. The van der Waals surface area contributed by atoms with Crippen molar-refractivity contribution in [3.63, 3.8) is 0 Å². The lowest BCUT2D eigenvalue weighted by atomic mass is 9.93. The molecule has 0 aliphatic heterocycles. The predicted molar refractivity (Wildman–Crippen MR) is 128 cm³/mol. The molecule has 0 spiro atoms. The standard InChI is InChI=1S/C25H24OP2/c1-27(2)21-15-13-17-9-5-7-11-19(17)23(21)25(26)24-20-12-8-6-10-18(20)14-16-22(24)28(3)4/h5-16H,1-4H3. The Bertz CT molecular complexity index is 1100. The summed E-state index contributed by atoms with van der Waals surface area (Å²) in [5.74, 6) is 0.172. The molecule has 3 heteroatoms. The van der Waals surface area contributed by atoms with Gasteiger partial charge in [0, 0.05) is 11.1 Å². The first kappa shape index (κ1) is 19.3. The van der Waals surface area contributed by atoms with Crippen molar-refractivity contribution < 1.29 is 4.79 Å². The Hall–Kier alpha value is -2.07. The second kappa shape index (κ2) is 7.75. The first-order valence-electron chi connectivity index (χ1n) is 9.42. The summed E-state index contributed by atoms with van der Waals surface area (Å²) < 4.78 is 0. The Morgan fingerprint density at radius 3 is 1.36 bits per heavy atom. The van der Waals surface area contributed by atoms with Gasteiger partial charge >= 0.3 is 0 Å². The molecule has 4 aromatic rings. The summed E-state index contributed by atoms with van der Waals surface area (Å²) in [6.07, 6.45) is 0. The van der Waals surface area contributed by atoms with Crippen molar-refractivity contribution >= 4 is 53.8 Å². The zero-order valence-corrected chi connectivity index (χ0v) is 18.5. The van der Waals surface area contributed by atoms with Gasteiger partial charge in [0.05, 0.1) is 0 Å². The van der Waals surface area contributed by atoms with Crippen molar-refractivity contribution in [2.45, 2.75) is 0 Å². The van der Waals surface area contributed by atoms with E-state index in [1.807, 2.05) is 24.3 Å². The van der Waals surface area contributed by atoms with Crippen LogP contribution in [0.3, 0.4) is 0 Å². The third kappa shape index (κ3) is 3.28. The van der Waals surface area contributed by atoms with Gasteiger partial charge in [-0.3, -0.25) is 4.79 Å². The van der Waals surface area contributed by atoms with Crippen molar-refractivity contribution in [3.8, 4) is 0 Å². The summed E-state index contributed by atoms with van der Waals surface area (Å²) in [5.41, 5.74) is 1.78. The van der Waals surface area contributed by atoms with Crippen molar-refractivity contribution in [2.75, 3.05) is 26.7 Å². The van der Waals surface area contributed by atoms with Gasteiger partial charge in [-0.25, -0.2) is 0 Å². The van der Waals surface area contributed by atoms with E-state index in [2.05, 4.69) is 75.2 Å². The molecule has 0 fully saturated rings. The Morgan fingerprint density at radius 2 is 0.964 bits per heavy atom. The Kier molecular flexibility index (Phi) is 5.33. The highest BCUT2D eigenvalue weighted by Crippen LogP contribution is 2.35. The predicted octanol–water partition coefficient (Wildman–Crippen LogP) is 5.96. The quantitative estimate of drug-likeness (QED) is 0.304. The molecule has 0 aromatic heterocycles. The largest absolute Gasteiger partial charge is 0.289 e. The van der Waals surface area contributed by atoms with Crippen LogP contribution in [0.25, 0.3) is 21.5 Å². The number of carbonyl (C=O) groups excluding carboxylic acids is 1. The fourth-order valence-electron chi connectivity index (χ4n) is 3.87. The summed E-state index contributed by atoms with van der Waals surface area (Å²) in [6.45, 7) is 8.92. The molecule has 0 bridgehead atoms. The number of rotatable bonds is 4. The average molecular weight is 402 g/mol. The van der Waals surface area contributed by atoms with E-state index in [0.29, 0.717) is 0 Å². The molecule has 1 nitrogen and oxygen atoms in total. The van der Waals surface area contributed by atoms with Crippen LogP contribution in [0, 0.1) is 0 Å². The van der Waals surface area contributed by atoms with Crippen LogP contribution in [-0.4, -0.2) is 32.4 Å². The number of ketones is 1. The molecule has 4 aromatic carbocycles. The second-order valence-corrected chi connectivity index (χ2v) is 12.0. The van der Waals surface area contributed by atoms with E-state index in [1.54, 1.807) is 0 Å². The molecule has 0 saturated carbocycles. The molecule has 0 heterocycles. The van der Waals surface area contributed by atoms with Gasteiger partial charge in [-0.15, -0.1) is 0 Å². The molecular formula is C25H24OP2. The van der Waals surface area contributed by atoms with Crippen LogP contribution in [-0.2, 0) is 0 Å². The van der Waals surface area contributed by atoms with Crippen molar-refractivity contribution in [2.24, 2.45) is 0 Å². The number of benzene rings is 4. The van der Waals surface area contributed by atoms with Crippen LogP contribution in [0.15, 0.2) is 72.8 Å². The van der Waals surface area contributed by atoms with Gasteiger partial charge in [0.15, 0.2) is 5.78 Å². The van der Waals surface area contributed by atoms with E-state index < -0.39 is 15.8 Å². The van der Waals surface area contributed by atoms with E-state index in [1.165, 1.54) is 10.6 Å². The van der Waals surface area contributed by atoms with Crippen LogP contribution in [0.1, 0.15) is 15.9 Å². The lowest BCUT2D eigenvalue weighted by Gasteiger charge is -2.19. The van der Waals surface area contributed by atoms with Gasteiger partial charge in [-0.1, -0.05) is 88.6 Å². The minimum atomic E-state index is -0.396. The van der Waals surface area contributed by atoms with Gasteiger partial charge in [-0.05, 0) is 58.8 Å². The molecular weight excluding hydrogens is 378 g/mol. The van der Waals surface area contributed by atoms with Crippen LogP contribution >= 0.6 is 15.8 Å². The Balaban J connectivity index is 2.09. The summed E-state index contributed by atoms with van der Waals surface area (Å²) in [4.78, 5) is 14.1. The molecule has 0 unspecified atom stereocenters. The summed E-state index contributed by atoms with van der Waals surface area (Å²) in [7, 11) is -0.792. The smallest absolute Gasteiger partial charge is 0.195 e. The Morgan fingerprint density at radius 1 is 0.571 bits per heavy atom. The normalized spacial score (nSPS) is 11.6.